The second kappa shape index (κ2) is 13.0. The van der Waals surface area contributed by atoms with E-state index in [9.17, 15) is 18.0 Å². The third-order valence-corrected chi connectivity index (χ3v) is 6.42. The Morgan fingerprint density at radius 3 is 2.14 bits per heavy atom. The van der Waals surface area contributed by atoms with Crippen molar-refractivity contribution >= 4 is 5.91 Å². The van der Waals surface area contributed by atoms with Crippen molar-refractivity contribution in [1.29, 1.82) is 0 Å². The van der Waals surface area contributed by atoms with E-state index in [1.54, 1.807) is 0 Å². The van der Waals surface area contributed by atoms with Crippen LogP contribution < -0.4 is 4.74 Å². The van der Waals surface area contributed by atoms with Crippen LogP contribution in [0.4, 0.5) is 13.2 Å². The summed E-state index contributed by atoms with van der Waals surface area (Å²) in [6.07, 6.45) is -1.53. The van der Waals surface area contributed by atoms with Gasteiger partial charge in [-0.15, -0.1) is 0 Å². The largest absolute Gasteiger partial charge is 0.493 e. The Balaban J connectivity index is 0.00000210. The molecule has 0 N–H and O–H groups in total. The van der Waals surface area contributed by atoms with Gasteiger partial charge in [-0.1, -0.05) is 52.0 Å². The standard InChI is InChI=1S/C27H34F3NO2.C2H6/c1-18(2)15-21-7-9-23(10-8-21)20(4)26(32)31-16-22(6-5-19(31)3)17-33-25-13-11-24(12-14-25)27(28,29)30;1-2/h7-14,18-20,22H,5-6,15-17H2,1-4H3;1-2H3/t19-,20+,22+;/m1./s1. The number of hydrogen-bond donors (Lipinski definition) is 0. The Morgan fingerprint density at radius 1 is 1.00 bits per heavy atom. The number of alkyl halides is 3. The third kappa shape index (κ3) is 8.29. The Labute approximate surface area is 208 Å². The number of carbonyl (C=O) groups is 1. The highest BCUT2D eigenvalue weighted by Crippen LogP contribution is 2.31. The van der Waals surface area contributed by atoms with Gasteiger partial charge < -0.3 is 9.64 Å². The Kier molecular flexibility index (Phi) is 10.7. The Morgan fingerprint density at radius 2 is 1.60 bits per heavy atom. The van der Waals surface area contributed by atoms with Gasteiger partial charge in [0.2, 0.25) is 5.91 Å². The van der Waals surface area contributed by atoms with E-state index in [2.05, 4.69) is 45.0 Å². The lowest BCUT2D eigenvalue weighted by atomic mass is 9.90. The summed E-state index contributed by atoms with van der Waals surface area (Å²) in [5.74, 6) is 1.03. The normalized spacial score (nSPS) is 19.1. The summed E-state index contributed by atoms with van der Waals surface area (Å²) in [4.78, 5) is 15.2. The number of halogens is 3. The summed E-state index contributed by atoms with van der Waals surface area (Å²) >= 11 is 0. The molecule has 0 aromatic heterocycles. The molecule has 0 aliphatic carbocycles. The number of amides is 1. The van der Waals surface area contributed by atoms with Crippen molar-refractivity contribution in [2.24, 2.45) is 11.8 Å². The van der Waals surface area contributed by atoms with Crippen molar-refractivity contribution in [3.05, 3.63) is 65.2 Å². The van der Waals surface area contributed by atoms with Crippen LogP contribution in [-0.4, -0.2) is 30.0 Å². The fraction of sp³-hybridized carbons (Fsp3) is 0.552. The van der Waals surface area contributed by atoms with Crippen molar-refractivity contribution in [1.82, 2.24) is 4.90 Å². The van der Waals surface area contributed by atoms with Crippen LogP contribution in [0.5, 0.6) is 5.75 Å². The molecule has 1 amide bonds. The first-order chi connectivity index (χ1) is 16.5. The molecule has 6 heteroatoms. The molecule has 3 nitrogen and oxygen atoms in total. The van der Waals surface area contributed by atoms with Crippen molar-refractivity contribution < 1.29 is 22.7 Å². The summed E-state index contributed by atoms with van der Waals surface area (Å²) < 4.78 is 44.0. The third-order valence-electron chi connectivity index (χ3n) is 6.42. The number of piperidine rings is 1. The van der Waals surface area contributed by atoms with Crippen LogP contribution in [0.2, 0.25) is 0 Å². The quantitative estimate of drug-likeness (QED) is 0.396. The first-order valence-corrected chi connectivity index (χ1v) is 12.7. The number of ether oxygens (including phenoxy) is 1. The first kappa shape index (κ1) is 28.7. The lowest BCUT2D eigenvalue weighted by Gasteiger charge is -2.39. The van der Waals surface area contributed by atoms with E-state index in [-0.39, 0.29) is 23.8 Å². The maximum absolute atomic E-state index is 13.3. The summed E-state index contributed by atoms with van der Waals surface area (Å²) in [5, 5.41) is 0. The molecule has 1 saturated heterocycles. The van der Waals surface area contributed by atoms with E-state index >= 15 is 0 Å². The molecule has 0 spiro atoms. The summed E-state index contributed by atoms with van der Waals surface area (Å²) in [6.45, 7) is 13.4. The van der Waals surface area contributed by atoms with E-state index in [1.807, 2.05) is 25.7 Å². The van der Waals surface area contributed by atoms with Crippen molar-refractivity contribution in [3.8, 4) is 5.75 Å². The lowest BCUT2D eigenvalue weighted by Crippen LogP contribution is -2.48. The van der Waals surface area contributed by atoms with Crippen LogP contribution in [0.15, 0.2) is 48.5 Å². The van der Waals surface area contributed by atoms with E-state index in [4.69, 9.17) is 4.74 Å². The molecule has 1 aliphatic rings. The van der Waals surface area contributed by atoms with E-state index in [1.165, 1.54) is 17.7 Å². The van der Waals surface area contributed by atoms with Crippen LogP contribution in [0.3, 0.4) is 0 Å². The number of nitrogens with zero attached hydrogens (tertiary/aromatic N) is 1. The highest BCUT2D eigenvalue weighted by atomic mass is 19.4. The van der Waals surface area contributed by atoms with Gasteiger partial charge in [0, 0.05) is 18.5 Å². The molecular weight excluding hydrogens is 451 g/mol. The van der Waals surface area contributed by atoms with Gasteiger partial charge in [0.05, 0.1) is 18.1 Å². The maximum Gasteiger partial charge on any atom is 0.416 e. The molecule has 35 heavy (non-hydrogen) atoms. The van der Waals surface area contributed by atoms with Gasteiger partial charge in [-0.3, -0.25) is 4.79 Å². The van der Waals surface area contributed by atoms with Gasteiger partial charge in [0.25, 0.3) is 0 Å². The average Bonchev–Trinajstić information content (AvgIpc) is 2.84. The van der Waals surface area contributed by atoms with Crippen LogP contribution in [0.1, 0.15) is 77.0 Å². The molecular formula is C29H40F3NO2. The molecule has 0 bridgehead atoms. The predicted octanol–water partition coefficient (Wildman–Crippen LogP) is 7.74. The fourth-order valence-electron chi connectivity index (χ4n) is 4.38. The van der Waals surface area contributed by atoms with E-state index in [0.29, 0.717) is 24.8 Å². The molecule has 194 valence electrons. The number of benzene rings is 2. The van der Waals surface area contributed by atoms with Crippen molar-refractivity contribution in [3.63, 3.8) is 0 Å². The van der Waals surface area contributed by atoms with Gasteiger partial charge >= 0.3 is 6.18 Å². The molecule has 1 heterocycles. The topological polar surface area (TPSA) is 29.5 Å². The van der Waals surface area contributed by atoms with Gasteiger partial charge in [0.1, 0.15) is 5.75 Å². The molecule has 0 saturated carbocycles. The number of hydrogen-bond acceptors (Lipinski definition) is 2. The minimum Gasteiger partial charge on any atom is -0.493 e. The minimum atomic E-state index is -4.36. The minimum absolute atomic E-state index is 0.110. The lowest BCUT2D eigenvalue weighted by molar-refractivity contribution is -0.138. The highest BCUT2D eigenvalue weighted by molar-refractivity contribution is 5.83. The number of rotatable bonds is 7. The number of carbonyl (C=O) groups excluding carboxylic acids is 1. The maximum atomic E-state index is 13.3. The molecule has 1 aliphatic heterocycles. The monoisotopic (exact) mass is 491 g/mol. The fourth-order valence-corrected chi connectivity index (χ4v) is 4.38. The van der Waals surface area contributed by atoms with E-state index < -0.39 is 11.7 Å². The van der Waals surface area contributed by atoms with Crippen molar-refractivity contribution in [2.75, 3.05) is 13.2 Å². The van der Waals surface area contributed by atoms with Crippen LogP contribution in [0, 0.1) is 11.8 Å². The first-order valence-electron chi connectivity index (χ1n) is 12.7. The molecule has 0 radical (unpaired) electrons. The zero-order chi connectivity index (χ0) is 26.2. The molecule has 3 rings (SSSR count). The molecule has 1 fully saturated rings. The number of likely N-dealkylation sites (tertiary alicyclic amines) is 1. The van der Waals surface area contributed by atoms with Gasteiger partial charge in [0.15, 0.2) is 0 Å². The molecule has 2 aromatic carbocycles. The SMILES string of the molecule is CC.CC(C)Cc1ccc([C@H](C)C(=O)N2C[C@@H](COc3ccc(C(F)(F)F)cc3)CC[C@H]2C)cc1. The van der Waals surface area contributed by atoms with Crippen LogP contribution >= 0.6 is 0 Å². The Hall–Kier alpha value is -2.50. The smallest absolute Gasteiger partial charge is 0.416 e. The van der Waals surface area contributed by atoms with Gasteiger partial charge in [-0.25, -0.2) is 0 Å². The van der Waals surface area contributed by atoms with Gasteiger partial charge in [-0.2, -0.15) is 13.2 Å². The summed E-state index contributed by atoms with van der Waals surface area (Å²) in [7, 11) is 0. The van der Waals surface area contributed by atoms with Crippen LogP contribution in [0.25, 0.3) is 0 Å². The van der Waals surface area contributed by atoms with Gasteiger partial charge in [-0.05, 0) is 74.4 Å². The molecule has 3 atom stereocenters. The van der Waals surface area contributed by atoms with Crippen LogP contribution in [-0.2, 0) is 17.4 Å². The highest BCUT2D eigenvalue weighted by Gasteiger charge is 2.33. The zero-order valence-corrected chi connectivity index (χ0v) is 21.9. The predicted molar refractivity (Wildman–Crippen MR) is 136 cm³/mol. The van der Waals surface area contributed by atoms with Crippen molar-refractivity contribution in [2.45, 2.75) is 78.9 Å². The summed E-state index contributed by atoms with van der Waals surface area (Å²) in [6, 6.07) is 13.2. The molecule has 0 unspecified atom stereocenters. The second-order valence-electron chi connectivity index (χ2n) is 9.68. The Bertz CT molecular complexity index is 907. The second-order valence-corrected chi connectivity index (χ2v) is 9.68. The average molecular weight is 492 g/mol. The van der Waals surface area contributed by atoms with E-state index in [0.717, 1.165) is 37.0 Å². The zero-order valence-electron chi connectivity index (χ0n) is 21.9. The molecule has 2 aromatic rings. The summed E-state index contributed by atoms with van der Waals surface area (Å²) in [5.41, 5.74) is 1.60.